The summed E-state index contributed by atoms with van der Waals surface area (Å²) in [5.41, 5.74) is 2.39. The minimum atomic E-state index is 0.191. The van der Waals surface area contributed by atoms with Gasteiger partial charge in [-0.05, 0) is 64.7 Å². The number of benzene rings is 2. The Hall–Kier alpha value is -3.13. The van der Waals surface area contributed by atoms with Crippen molar-refractivity contribution in [1.29, 1.82) is 0 Å². The second-order valence-corrected chi connectivity index (χ2v) is 8.91. The van der Waals surface area contributed by atoms with Gasteiger partial charge in [0.1, 0.15) is 11.5 Å². The molecule has 8 heteroatoms. The van der Waals surface area contributed by atoms with Crippen molar-refractivity contribution < 1.29 is 9.47 Å². The molecular weight excluding hydrogens is 416 g/mol. The molecule has 1 saturated heterocycles. The van der Waals surface area contributed by atoms with Gasteiger partial charge in [0, 0.05) is 31.9 Å². The molecule has 0 amide bonds. The van der Waals surface area contributed by atoms with Gasteiger partial charge in [-0.3, -0.25) is 4.90 Å². The number of tetrazole rings is 1. The lowest BCUT2D eigenvalue weighted by molar-refractivity contribution is 0.153. The van der Waals surface area contributed by atoms with Gasteiger partial charge in [0.25, 0.3) is 0 Å². The van der Waals surface area contributed by atoms with E-state index in [4.69, 9.17) is 9.47 Å². The summed E-state index contributed by atoms with van der Waals surface area (Å²) in [7, 11) is 3.38. The molecule has 8 nitrogen and oxygen atoms in total. The van der Waals surface area contributed by atoms with E-state index < -0.39 is 0 Å². The molecule has 2 aromatic carbocycles. The zero-order valence-corrected chi connectivity index (χ0v) is 20.0. The number of anilines is 1. The summed E-state index contributed by atoms with van der Waals surface area (Å²) in [5, 5.41) is 12.9. The Balaban J connectivity index is 1.47. The Morgan fingerprint density at radius 2 is 1.45 bits per heavy atom. The first-order chi connectivity index (χ1) is 16.1. The highest BCUT2D eigenvalue weighted by Gasteiger charge is 2.30. The summed E-state index contributed by atoms with van der Waals surface area (Å²) in [6, 6.07) is 16.6. The summed E-state index contributed by atoms with van der Waals surface area (Å²) >= 11 is 0. The number of ether oxygens (including phenoxy) is 2. The van der Waals surface area contributed by atoms with E-state index in [9.17, 15) is 0 Å². The van der Waals surface area contributed by atoms with Gasteiger partial charge < -0.3 is 14.4 Å². The molecule has 1 aliphatic heterocycles. The zero-order chi connectivity index (χ0) is 23.2. The summed E-state index contributed by atoms with van der Waals surface area (Å²) in [6.07, 6.45) is 1.02. The number of aromatic nitrogens is 4. The average molecular weight is 451 g/mol. The maximum atomic E-state index is 5.29. The molecule has 0 radical (unpaired) electrons. The van der Waals surface area contributed by atoms with Gasteiger partial charge in [-0.15, -0.1) is 5.10 Å². The molecular formula is C25H34N6O2. The van der Waals surface area contributed by atoms with Crippen LogP contribution in [-0.2, 0) is 6.54 Å². The topological polar surface area (TPSA) is 68.5 Å². The van der Waals surface area contributed by atoms with E-state index in [1.54, 1.807) is 14.2 Å². The van der Waals surface area contributed by atoms with Crippen LogP contribution in [0.1, 0.15) is 37.7 Å². The first-order valence-corrected chi connectivity index (χ1v) is 11.6. The van der Waals surface area contributed by atoms with Crippen LogP contribution in [0.3, 0.4) is 0 Å². The minimum absolute atomic E-state index is 0.191. The number of hydrogen-bond donors (Lipinski definition) is 0. The van der Waals surface area contributed by atoms with E-state index in [2.05, 4.69) is 63.4 Å². The Morgan fingerprint density at radius 1 is 0.848 bits per heavy atom. The second-order valence-electron chi connectivity index (χ2n) is 8.91. The van der Waals surface area contributed by atoms with Gasteiger partial charge in [0.15, 0.2) is 5.82 Å². The first kappa shape index (κ1) is 23.0. The van der Waals surface area contributed by atoms with Crippen molar-refractivity contribution in [3.8, 4) is 11.5 Å². The number of methoxy groups -OCH3 is 2. The van der Waals surface area contributed by atoms with Gasteiger partial charge in [-0.1, -0.05) is 26.0 Å². The fraction of sp³-hybridized carbons (Fsp3) is 0.480. The summed E-state index contributed by atoms with van der Waals surface area (Å²) in [6.45, 7) is 9.06. The standard InChI is InChI=1S/C25H34N6O2/c1-19(2)17-24(25-26-27-28-31(25)18-20-5-9-22(32-3)10-6-20)30-15-13-29(14-16-30)21-7-11-23(33-4)12-8-21/h5-12,19,24H,13-18H2,1-4H3/t24-/m1/s1. The van der Waals surface area contributed by atoms with Crippen molar-refractivity contribution in [1.82, 2.24) is 25.1 Å². The summed E-state index contributed by atoms with van der Waals surface area (Å²) in [5.74, 6) is 3.22. The first-order valence-electron chi connectivity index (χ1n) is 11.6. The fourth-order valence-electron chi connectivity index (χ4n) is 4.42. The third-order valence-electron chi connectivity index (χ3n) is 6.24. The minimum Gasteiger partial charge on any atom is -0.497 e. The van der Waals surface area contributed by atoms with Gasteiger partial charge in [-0.2, -0.15) is 0 Å². The molecule has 0 spiro atoms. The maximum Gasteiger partial charge on any atom is 0.168 e. The smallest absolute Gasteiger partial charge is 0.168 e. The van der Waals surface area contributed by atoms with Crippen molar-refractivity contribution in [2.45, 2.75) is 32.9 Å². The average Bonchev–Trinajstić information content (AvgIpc) is 3.31. The molecule has 0 saturated carbocycles. The molecule has 0 aliphatic carbocycles. The van der Waals surface area contributed by atoms with Crippen molar-refractivity contribution in [3.63, 3.8) is 0 Å². The van der Waals surface area contributed by atoms with Gasteiger partial charge in [0.2, 0.25) is 0 Å². The molecule has 1 aliphatic rings. The zero-order valence-electron chi connectivity index (χ0n) is 20.0. The lowest BCUT2D eigenvalue weighted by Gasteiger charge is -2.40. The van der Waals surface area contributed by atoms with Gasteiger partial charge >= 0.3 is 0 Å². The monoisotopic (exact) mass is 450 g/mol. The largest absolute Gasteiger partial charge is 0.497 e. The van der Waals surface area contributed by atoms with E-state index in [1.165, 1.54) is 5.69 Å². The van der Waals surface area contributed by atoms with Crippen molar-refractivity contribution in [2.75, 3.05) is 45.3 Å². The fourth-order valence-corrected chi connectivity index (χ4v) is 4.42. The molecule has 0 unspecified atom stereocenters. The van der Waals surface area contributed by atoms with Crippen LogP contribution in [0, 0.1) is 5.92 Å². The van der Waals surface area contributed by atoms with Crippen LogP contribution >= 0.6 is 0 Å². The number of rotatable bonds is 9. The number of nitrogens with zero attached hydrogens (tertiary/aromatic N) is 6. The highest BCUT2D eigenvalue weighted by molar-refractivity contribution is 5.49. The van der Waals surface area contributed by atoms with Crippen molar-refractivity contribution in [3.05, 3.63) is 59.9 Å². The molecule has 176 valence electrons. The van der Waals surface area contributed by atoms with Crippen molar-refractivity contribution in [2.24, 2.45) is 5.92 Å². The summed E-state index contributed by atoms with van der Waals surface area (Å²) in [4.78, 5) is 4.97. The van der Waals surface area contributed by atoms with Crippen LogP contribution in [0.15, 0.2) is 48.5 Å². The molecule has 3 aromatic rings. The van der Waals surface area contributed by atoms with Crippen molar-refractivity contribution >= 4 is 5.69 Å². The van der Waals surface area contributed by atoms with Gasteiger partial charge in [0.05, 0.1) is 26.8 Å². The van der Waals surface area contributed by atoms with Crippen LogP contribution in [0.25, 0.3) is 0 Å². The highest BCUT2D eigenvalue weighted by Crippen LogP contribution is 2.29. The predicted molar refractivity (Wildman–Crippen MR) is 129 cm³/mol. The lowest BCUT2D eigenvalue weighted by atomic mass is 10.0. The highest BCUT2D eigenvalue weighted by atomic mass is 16.5. The Bertz CT molecular complexity index is 994. The SMILES string of the molecule is COc1ccc(Cn2nnnc2[C@@H](CC(C)C)N2CCN(c3ccc(OC)cc3)CC2)cc1. The molecule has 0 bridgehead atoms. The third-order valence-corrected chi connectivity index (χ3v) is 6.24. The van der Waals surface area contributed by atoms with Crippen LogP contribution in [0.5, 0.6) is 11.5 Å². The Kier molecular flexibility index (Phi) is 7.44. The quantitative estimate of drug-likeness (QED) is 0.493. The van der Waals surface area contributed by atoms with Crippen LogP contribution in [-0.4, -0.2) is 65.5 Å². The van der Waals surface area contributed by atoms with Gasteiger partial charge in [-0.25, -0.2) is 4.68 Å². The molecule has 1 fully saturated rings. The van der Waals surface area contributed by atoms with E-state index in [0.29, 0.717) is 12.5 Å². The molecule has 1 atom stereocenters. The molecule has 2 heterocycles. The normalized spacial score (nSPS) is 15.6. The van der Waals surface area contributed by atoms with E-state index >= 15 is 0 Å². The Morgan fingerprint density at radius 3 is 2.03 bits per heavy atom. The van der Waals surface area contributed by atoms with Crippen LogP contribution in [0.2, 0.25) is 0 Å². The van der Waals surface area contributed by atoms with E-state index in [-0.39, 0.29) is 6.04 Å². The number of hydrogen-bond acceptors (Lipinski definition) is 7. The molecule has 33 heavy (non-hydrogen) atoms. The maximum absolute atomic E-state index is 5.29. The predicted octanol–water partition coefficient (Wildman–Crippen LogP) is 3.65. The third kappa shape index (κ3) is 5.63. The van der Waals surface area contributed by atoms with Crippen LogP contribution in [0.4, 0.5) is 5.69 Å². The molecule has 4 rings (SSSR count). The summed E-state index contributed by atoms with van der Waals surface area (Å²) < 4.78 is 12.5. The van der Waals surface area contributed by atoms with E-state index in [0.717, 1.165) is 55.5 Å². The molecule has 0 N–H and O–H groups in total. The number of piperazine rings is 1. The van der Waals surface area contributed by atoms with E-state index in [1.807, 2.05) is 28.9 Å². The molecule has 1 aromatic heterocycles. The lowest BCUT2D eigenvalue weighted by Crippen LogP contribution is -2.48. The second kappa shape index (κ2) is 10.7. The van der Waals surface area contributed by atoms with Crippen LogP contribution < -0.4 is 14.4 Å². The Labute approximate surface area is 196 Å².